The van der Waals surface area contributed by atoms with Crippen molar-refractivity contribution >= 4 is 11.8 Å². The number of thioether (sulfide) groups is 1. The minimum Gasteiger partial charge on any atom is -0.380 e. The second-order valence-corrected chi connectivity index (χ2v) is 4.88. The van der Waals surface area contributed by atoms with Crippen LogP contribution in [0.1, 0.15) is 11.1 Å². The van der Waals surface area contributed by atoms with Crippen LogP contribution in [-0.4, -0.2) is 24.9 Å². The number of nitrogens with one attached hydrogen (secondary N) is 1. The summed E-state index contributed by atoms with van der Waals surface area (Å²) in [5.41, 5.74) is -2.04. The van der Waals surface area contributed by atoms with Crippen LogP contribution in [0.15, 0.2) is 24.3 Å². The molecular formula is C12H16F3NOS. The molecule has 6 heteroatoms. The molecule has 0 spiro atoms. The molecule has 0 aromatic heterocycles. The summed E-state index contributed by atoms with van der Waals surface area (Å²) in [6.45, 7) is 1.44. The van der Waals surface area contributed by atoms with E-state index in [-0.39, 0.29) is 17.5 Å². The number of hydrogen-bond acceptors (Lipinski definition) is 3. The first-order valence-electron chi connectivity index (χ1n) is 5.49. The molecule has 2 nitrogen and oxygen atoms in total. The Morgan fingerprint density at radius 1 is 1.28 bits per heavy atom. The summed E-state index contributed by atoms with van der Waals surface area (Å²) in [5.74, 6) is 0.0290. The summed E-state index contributed by atoms with van der Waals surface area (Å²) in [5, 5.41) is 2.98. The van der Waals surface area contributed by atoms with Crippen molar-refractivity contribution in [3.63, 3.8) is 0 Å². The molecule has 1 N–H and O–H groups in total. The summed E-state index contributed by atoms with van der Waals surface area (Å²) in [7, 11) is 1.62. The molecule has 0 bridgehead atoms. The first kappa shape index (κ1) is 15.3. The number of halogens is 3. The van der Waals surface area contributed by atoms with Crippen molar-refractivity contribution in [2.45, 2.75) is 18.7 Å². The average molecular weight is 279 g/mol. The van der Waals surface area contributed by atoms with E-state index in [2.05, 4.69) is 5.32 Å². The molecular weight excluding hydrogens is 263 g/mol. The van der Waals surface area contributed by atoms with Gasteiger partial charge in [-0.05, 0) is 22.9 Å². The number of rotatable bonds is 7. The van der Waals surface area contributed by atoms with Crippen LogP contribution in [-0.2, 0) is 17.9 Å². The zero-order valence-electron chi connectivity index (χ0n) is 10.1. The second kappa shape index (κ2) is 7.66. The molecule has 0 fully saturated rings. The third kappa shape index (κ3) is 6.88. The Morgan fingerprint density at radius 2 is 2.00 bits per heavy atom. The average Bonchev–Trinajstić information content (AvgIpc) is 2.28. The van der Waals surface area contributed by atoms with E-state index >= 15 is 0 Å². The van der Waals surface area contributed by atoms with Gasteiger partial charge in [0.05, 0.1) is 6.61 Å². The monoisotopic (exact) mass is 279 g/mol. The van der Waals surface area contributed by atoms with Gasteiger partial charge < -0.3 is 10.1 Å². The van der Waals surface area contributed by atoms with E-state index in [1.165, 1.54) is 0 Å². The zero-order valence-corrected chi connectivity index (χ0v) is 10.9. The highest BCUT2D eigenvalue weighted by Crippen LogP contribution is 2.29. The third-order valence-electron chi connectivity index (χ3n) is 2.18. The molecule has 0 atom stereocenters. The lowest BCUT2D eigenvalue weighted by Gasteiger charge is -2.08. The minimum atomic E-state index is -4.14. The maximum absolute atomic E-state index is 11.9. The molecule has 0 aliphatic carbocycles. The molecule has 0 saturated heterocycles. The summed E-state index contributed by atoms with van der Waals surface area (Å²) in [6.07, 6.45) is 0. The molecule has 0 heterocycles. The quantitative estimate of drug-likeness (QED) is 0.775. The van der Waals surface area contributed by atoms with Crippen LogP contribution in [0, 0.1) is 0 Å². The number of benzene rings is 1. The van der Waals surface area contributed by atoms with Crippen molar-refractivity contribution in [3.8, 4) is 0 Å². The predicted octanol–water partition coefficient (Wildman–Crippen LogP) is 3.18. The van der Waals surface area contributed by atoms with Crippen molar-refractivity contribution in [2.24, 2.45) is 0 Å². The van der Waals surface area contributed by atoms with Crippen LogP contribution < -0.4 is 5.32 Å². The van der Waals surface area contributed by atoms with Crippen LogP contribution >= 0.6 is 11.8 Å². The lowest BCUT2D eigenvalue weighted by Crippen LogP contribution is -2.18. The first-order chi connectivity index (χ1) is 8.51. The standard InChI is InChI=1S/C12H16F3NOS/c1-17-9-11-4-2-3-10(7-11)8-16-5-6-18-12(13,14)15/h2-4,7,16H,5-6,8-9H2,1H3. The SMILES string of the molecule is COCc1cccc(CNCCSC(F)(F)F)c1. The fourth-order valence-electron chi connectivity index (χ4n) is 1.47. The van der Waals surface area contributed by atoms with Gasteiger partial charge in [-0.1, -0.05) is 24.3 Å². The molecule has 0 amide bonds. The van der Waals surface area contributed by atoms with Crippen LogP contribution in [0.25, 0.3) is 0 Å². The van der Waals surface area contributed by atoms with Crippen LogP contribution in [0.2, 0.25) is 0 Å². The summed E-state index contributed by atoms with van der Waals surface area (Å²) >= 11 is -0.00251. The second-order valence-electron chi connectivity index (χ2n) is 3.72. The van der Waals surface area contributed by atoms with Gasteiger partial charge in [0, 0.05) is 26.0 Å². The molecule has 102 valence electrons. The number of ether oxygens (including phenoxy) is 1. The molecule has 0 aliphatic rings. The highest BCUT2D eigenvalue weighted by molar-refractivity contribution is 8.00. The lowest BCUT2D eigenvalue weighted by atomic mass is 10.1. The number of methoxy groups -OCH3 is 1. The number of hydrogen-bond donors (Lipinski definition) is 1. The Labute approximate surface area is 109 Å². The molecule has 0 aliphatic heterocycles. The van der Waals surface area contributed by atoms with E-state index in [0.29, 0.717) is 19.7 Å². The normalized spacial score (nSPS) is 11.8. The topological polar surface area (TPSA) is 21.3 Å². The lowest BCUT2D eigenvalue weighted by molar-refractivity contribution is -0.0327. The van der Waals surface area contributed by atoms with Crippen LogP contribution in [0.3, 0.4) is 0 Å². The predicted molar refractivity (Wildman–Crippen MR) is 67.4 cm³/mol. The fraction of sp³-hybridized carbons (Fsp3) is 0.500. The summed E-state index contributed by atoms with van der Waals surface area (Å²) in [6, 6.07) is 7.78. The fourth-order valence-corrected chi connectivity index (χ4v) is 1.95. The Bertz CT molecular complexity index is 357. The van der Waals surface area contributed by atoms with Gasteiger partial charge in [-0.15, -0.1) is 0 Å². The molecule has 0 saturated carbocycles. The van der Waals surface area contributed by atoms with Crippen molar-refractivity contribution < 1.29 is 17.9 Å². The van der Waals surface area contributed by atoms with Gasteiger partial charge >= 0.3 is 5.51 Å². The number of alkyl halides is 3. The van der Waals surface area contributed by atoms with E-state index in [9.17, 15) is 13.2 Å². The molecule has 1 aromatic rings. The minimum absolute atomic E-state index is 0.00251. The Hall–Kier alpha value is -0.720. The largest absolute Gasteiger partial charge is 0.441 e. The zero-order chi connectivity index (χ0) is 13.4. The van der Waals surface area contributed by atoms with Crippen molar-refractivity contribution in [1.82, 2.24) is 5.32 Å². The molecule has 0 unspecified atom stereocenters. The summed E-state index contributed by atoms with van der Waals surface area (Å²) in [4.78, 5) is 0. The third-order valence-corrected chi connectivity index (χ3v) is 2.91. The smallest absolute Gasteiger partial charge is 0.380 e. The maximum atomic E-state index is 11.9. The van der Waals surface area contributed by atoms with Crippen molar-refractivity contribution in [1.29, 1.82) is 0 Å². The van der Waals surface area contributed by atoms with Gasteiger partial charge in [0.1, 0.15) is 0 Å². The van der Waals surface area contributed by atoms with Gasteiger partial charge in [-0.2, -0.15) is 13.2 Å². The van der Waals surface area contributed by atoms with Gasteiger partial charge in [-0.25, -0.2) is 0 Å². The van der Waals surface area contributed by atoms with Crippen molar-refractivity contribution in [3.05, 3.63) is 35.4 Å². The Kier molecular flexibility index (Phi) is 6.52. The van der Waals surface area contributed by atoms with E-state index < -0.39 is 5.51 Å². The van der Waals surface area contributed by atoms with Crippen LogP contribution in [0.5, 0.6) is 0 Å². The Morgan fingerprint density at radius 3 is 2.67 bits per heavy atom. The van der Waals surface area contributed by atoms with E-state index in [1.54, 1.807) is 7.11 Å². The highest BCUT2D eigenvalue weighted by atomic mass is 32.2. The van der Waals surface area contributed by atoms with E-state index in [0.717, 1.165) is 11.1 Å². The Balaban J connectivity index is 2.24. The van der Waals surface area contributed by atoms with E-state index in [1.807, 2.05) is 24.3 Å². The van der Waals surface area contributed by atoms with Gasteiger partial charge in [0.2, 0.25) is 0 Å². The van der Waals surface area contributed by atoms with Gasteiger partial charge in [-0.3, -0.25) is 0 Å². The highest BCUT2D eigenvalue weighted by Gasteiger charge is 2.27. The van der Waals surface area contributed by atoms with Gasteiger partial charge in [0.15, 0.2) is 0 Å². The van der Waals surface area contributed by atoms with Crippen LogP contribution in [0.4, 0.5) is 13.2 Å². The molecule has 0 radical (unpaired) electrons. The molecule has 18 heavy (non-hydrogen) atoms. The summed E-state index contributed by atoms with van der Waals surface area (Å²) < 4.78 is 40.6. The van der Waals surface area contributed by atoms with Crippen molar-refractivity contribution in [2.75, 3.05) is 19.4 Å². The van der Waals surface area contributed by atoms with Gasteiger partial charge in [0.25, 0.3) is 0 Å². The van der Waals surface area contributed by atoms with E-state index in [4.69, 9.17) is 4.74 Å². The molecule has 1 rings (SSSR count). The molecule has 1 aromatic carbocycles. The maximum Gasteiger partial charge on any atom is 0.441 e. The first-order valence-corrected chi connectivity index (χ1v) is 6.48.